The molecule has 6 heteroatoms. The van der Waals surface area contributed by atoms with E-state index in [4.69, 9.17) is 0 Å². The van der Waals surface area contributed by atoms with Gasteiger partial charge in [0.15, 0.2) is 5.17 Å². The van der Waals surface area contributed by atoms with Gasteiger partial charge in [0.1, 0.15) is 0 Å². The quantitative estimate of drug-likeness (QED) is 0.658. The zero-order chi connectivity index (χ0) is 12.7. The SMILES string of the molecule is Brc1cc(Br)c(NC2=NCC(C3CC3)S2)c(Br)c1. The molecule has 96 valence electrons. The lowest BCUT2D eigenvalue weighted by Crippen LogP contribution is -2.09. The van der Waals surface area contributed by atoms with Crippen molar-refractivity contribution >= 4 is 70.4 Å². The highest BCUT2D eigenvalue weighted by atomic mass is 79.9. The zero-order valence-corrected chi connectivity index (χ0v) is 15.0. The summed E-state index contributed by atoms with van der Waals surface area (Å²) in [7, 11) is 0. The van der Waals surface area contributed by atoms with Crippen LogP contribution in [0.5, 0.6) is 0 Å². The largest absolute Gasteiger partial charge is 0.333 e. The molecule has 1 aliphatic heterocycles. The molecule has 1 aromatic carbocycles. The van der Waals surface area contributed by atoms with E-state index in [0.717, 1.165) is 36.7 Å². The summed E-state index contributed by atoms with van der Waals surface area (Å²) in [5, 5.41) is 5.15. The van der Waals surface area contributed by atoms with E-state index in [-0.39, 0.29) is 0 Å². The molecule has 1 heterocycles. The molecule has 1 unspecified atom stereocenters. The third-order valence-corrected chi connectivity index (χ3v) is 6.06. The van der Waals surface area contributed by atoms with Crippen LogP contribution in [0, 0.1) is 5.92 Å². The number of anilines is 1. The van der Waals surface area contributed by atoms with E-state index in [0.29, 0.717) is 5.25 Å². The van der Waals surface area contributed by atoms with Gasteiger partial charge in [-0.15, -0.1) is 0 Å². The van der Waals surface area contributed by atoms with Gasteiger partial charge in [-0.05, 0) is 62.8 Å². The Morgan fingerprint density at radius 3 is 2.44 bits per heavy atom. The highest BCUT2D eigenvalue weighted by Crippen LogP contribution is 2.43. The Morgan fingerprint density at radius 1 is 1.17 bits per heavy atom. The Hall–Kier alpha value is 0.480. The summed E-state index contributed by atoms with van der Waals surface area (Å²) in [6.45, 7) is 0.962. The molecule has 1 fully saturated rings. The van der Waals surface area contributed by atoms with Crippen molar-refractivity contribution in [1.82, 2.24) is 0 Å². The van der Waals surface area contributed by atoms with E-state index in [1.54, 1.807) is 0 Å². The van der Waals surface area contributed by atoms with Gasteiger partial charge in [0.25, 0.3) is 0 Å². The Morgan fingerprint density at radius 2 is 1.83 bits per heavy atom. The van der Waals surface area contributed by atoms with Crippen LogP contribution in [0.3, 0.4) is 0 Å². The number of nitrogens with one attached hydrogen (secondary N) is 1. The van der Waals surface area contributed by atoms with Gasteiger partial charge >= 0.3 is 0 Å². The predicted molar refractivity (Wildman–Crippen MR) is 89.6 cm³/mol. The van der Waals surface area contributed by atoms with E-state index in [1.165, 1.54) is 12.8 Å². The normalized spacial score (nSPS) is 23.1. The summed E-state index contributed by atoms with van der Waals surface area (Å²) in [4.78, 5) is 4.59. The van der Waals surface area contributed by atoms with Gasteiger partial charge in [0.2, 0.25) is 0 Å². The number of aliphatic imine (C=N–C) groups is 1. The van der Waals surface area contributed by atoms with Crippen molar-refractivity contribution in [2.24, 2.45) is 10.9 Å². The number of benzene rings is 1. The van der Waals surface area contributed by atoms with Gasteiger partial charge in [0.05, 0.1) is 12.2 Å². The maximum atomic E-state index is 4.59. The van der Waals surface area contributed by atoms with E-state index >= 15 is 0 Å². The monoisotopic (exact) mass is 452 g/mol. The van der Waals surface area contributed by atoms with Crippen LogP contribution in [-0.4, -0.2) is 17.0 Å². The highest BCUT2D eigenvalue weighted by molar-refractivity contribution is 9.11. The molecular formula is C12H11Br3N2S. The van der Waals surface area contributed by atoms with Crippen molar-refractivity contribution in [3.05, 3.63) is 25.6 Å². The first kappa shape index (κ1) is 13.5. The van der Waals surface area contributed by atoms with Crippen LogP contribution >= 0.6 is 59.6 Å². The average molecular weight is 455 g/mol. The molecule has 2 nitrogen and oxygen atoms in total. The van der Waals surface area contributed by atoms with E-state index in [2.05, 4.69) is 58.1 Å². The average Bonchev–Trinajstić information content (AvgIpc) is 3.04. The van der Waals surface area contributed by atoms with Crippen molar-refractivity contribution in [2.45, 2.75) is 18.1 Å². The maximum absolute atomic E-state index is 4.59. The van der Waals surface area contributed by atoms with Crippen molar-refractivity contribution in [3.8, 4) is 0 Å². The van der Waals surface area contributed by atoms with Crippen molar-refractivity contribution in [3.63, 3.8) is 0 Å². The molecule has 0 radical (unpaired) electrons. The van der Waals surface area contributed by atoms with Gasteiger partial charge in [0, 0.05) is 18.7 Å². The Labute approximate surface area is 136 Å². The molecule has 18 heavy (non-hydrogen) atoms. The summed E-state index contributed by atoms with van der Waals surface area (Å²) >= 11 is 12.5. The first-order valence-corrected chi connectivity index (χ1v) is 9.02. The minimum atomic E-state index is 0.695. The molecule has 1 saturated carbocycles. The topological polar surface area (TPSA) is 24.4 Å². The maximum Gasteiger partial charge on any atom is 0.161 e. The number of hydrogen-bond acceptors (Lipinski definition) is 3. The molecule has 2 aliphatic rings. The number of hydrogen-bond donors (Lipinski definition) is 1. The lowest BCUT2D eigenvalue weighted by atomic mass is 10.3. The summed E-state index contributed by atoms with van der Waals surface area (Å²) in [6.07, 6.45) is 2.76. The highest BCUT2D eigenvalue weighted by Gasteiger charge is 2.35. The second-order valence-corrected chi connectivity index (χ2v) is 8.36. The first-order chi connectivity index (χ1) is 8.63. The van der Waals surface area contributed by atoms with E-state index in [1.807, 2.05) is 23.9 Å². The van der Waals surface area contributed by atoms with Gasteiger partial charge in [-0.2, -0.15) is 0 Å². The van der Waals surface area contributed by atoms with Crippen LogP contribution < -0.4 is 5.32 Å². The number of halogens is 3. The Bertz CT molecular complexity index is 491. The van der Waals surface area contributed by atoms with Crippen LogP contribution in [-0.2, 0) is 0 Å². The number of rotatable bonds is 2. The minimum absolute atomic E-state index is 0.695. The molecule has 0 aromatic heterocycles. The molecule has 0 amide bonds. The fraction of sp³-hybridized carbons (Fsp3) is 0.417. The number of nitrogens with zero attached hydrogens (tertiary/aromatic N) is 1. The van der Waals surface area contributed by atoms with Gasteiger partial charge in [-0.3, -0.25) is 4.99 Å². The third-order valence-electron chi connectivity index (χ3n) is 3.06. The second kappa shape index (κ2) is 5.46. The fourth-order valence-corrected chi connectivity index (χ4v) is 5.61. The van der Waals surface area contributed by atoms with Gasteiger partial charge < -0.3 is 5.32 Å². The van der Waals surface area contributed by atoms with E-state index < -0.39 is 0 Å². The fourth-order valence-electron chi connectivity index (χ4n) is 1.94. The standard InChI is InChI=1S/C12H11Br3N2S/c13-7-3-8(14)11(9(15)4-7)17-12-16-5-10(18-12)6-1-2-6/h3-4,6,10H,1-2,5H2,(H,16,17). The van der Waals surface area contributed by atoms with E-state index in [9.17, 15) is 0 Å². The molecular weight excluding hydrogens is 444 g/mol. The van der Waals surface area contributed by atoms with Crippen molar-refractivity contribution in [2.75, 3.05) is 11.9 Å². The van der Waals surface area contributed by atoms with Crippen LogP contribution in [0.4, 0.5) is 5.69 Å². The van der Waals surface area contributed by atoms with Crippen molar-refractivity contribution in [1.29, 1.82) is 0 Å². The zero-order valence-electron chi connectivity index (χ0n) is 9.42. The van der Waals surface area contributed by atoms with Crippen LogP contribution in [0.1, 0.15) is 12.8 Å². The predicted octanol–water partition coefficient (Wildman–Crippen LogP) is 5.27. The van der Waals surface area contributed by atoms with Crippen molar-refractivity contribution < 1.29 is 0 Å². The lowest BCUT2D eigenvalue weighted by Gasteiger charge is -2.11. The van der Waals surface area contributed by atoms with Gasteiger partial charge in [-0.25, -0.2) is 0 Å². The number of amidine groups is 1. The van der Waals surface area contributed by atoms with Crippen LogP contribution in [0.2, 0.25) is 0 Å². The van der Waals surface area contributed by atoms with Crippen LogP contribution in [0.15, 0.2) is 30.5 Å². The summed E-state index contributed by atoms with van der Waals surface area (Å²) in [5.41, 5.74) is 1.04. The molecule has 1 N–H and O–H groups in total. The second-order valence-electron chi connectivity index (χ2n) is 4.51. The first-order valence-electron chi connectivity index (χ1n) is 5.76. The molecule has 0 saturated heterocycles. The molecule has 1 aliphatic carbocycles. The van der Waals surface area contributed by atoms with Gasteiger partial charge in [-0.1, -0.05) is 27.7 Å². The smallest absolute Gasteiger partial charge is 0.161 e. The minimum Gasteiger partial charge on any atom is -0.333 e. The molecule has 0 spiro atoms. The molecule has 1 atom stereocenters. The number of thioether (sulfide) groups is 1. The lowest BCUT2D eigenvalue weighted by molar-refractivity contribution is 0.773. The third kappa shape index (κ3) is 2.97. The Kier molecular flexibility index (Phi) is 4.09. The summed E-state index contributed by atoms with van der Waals surface area (Å²) in [6, 6.07) is 4.07. The van der Waals surface area contributed by atoms with Crippen LogP contribution in [0.25, 0.3) is 0 Å². The molecule has 0 bridgehead atoms. The Balaban J connectivity index is 1.73. The molecule has 3 rings (SSSR count). The molecule has 1 aromatic rings. The summed E-state index contributed by atoms with van der Waals surface area (Å²) < 4.78 is 3.10. The summed E-state index contributed by atoms with van der Waals surface area (Å²) in [5.74, 6) is 0.898.